The minimum atomic E-state index is -4.88. The van der Waals surface area contributed by atoms with Gasteiger partial charge in [0.2, 0.25) is 5.91 Å². The number of hydrogen-bond acceptors (Lipinski definition) is 5. The number of benzene rings is 1. The molecule has 0 aromatic heterocycles. The average molecular weight is 416 g/mol. The second kappa shape index (κ2) is 9.15. The molecule has 1 fully saturated rings. The van der Waals surface area contributed by atoms with Crippen molar-refractivity contribution in [3.63, 3.8) is 0 Å². The molecule has 1 saturated heterocycles. The van der Waals surface area contributed by atoms with Crippen LogP contribution in [0.2, 0.25) is 0 Å². The third-order valence-corrected chi connectivity index (χ3v) is 4.56. The molecule has 0 radical (unpaired) electrons. The van der Waals surface area contributed by atoms with Crippen molar-refractivity contribution in [2.75, 3.05) is 13.7 Å². The Balaban J connectivity index is 2.16. The molecule has 29 heavy (non-hydrogen) atoms. The van der Waals surface area contributed by atoms with Crippen molar-refractivity contribution in [1.29, 1.82) is 0 Å². The number of nitrogens with zero attached hydrogens (tertiary/aromatic N) is 1. The molecular weight excluding hydrogens is 393 g/mol. The highest BCUT2D eigenvalue weighted by molar-refractivity contribution is 5.98. The SMILES string of the molecule is COC(=O)[C@@H]1CCCN1C(=O)C(NC(=O)c1cccc(OC(F)(F)F)c1)C(C)C. The summed E-state index contributed by atoms with van der Waals surface area (Å²) >= 11 is 0. The number of ether oxygens (including phenoxy) is 2. The van der Waals surface area contributed by atoms with Crippen LogP contribution >= 0.6 is 0 Å². The van der Waals surface area contributed by atoms with E-state index in [4.69, 9.17) is 4.74 Å². The van der Waals surface area contributed by atoms with Gasteiger partial charge in [0.25, 0.3) is 5.91 Å². The van der Waals surface area contributed by atoms with Gasteiger partial charge in [-0.1, -0.05) is 19.9 Å². The summed E-state index contributed by atoms with van der Waals surface area (Å²) < 4.78 is 45.7. The molecule has 160 valence electrons. The smallest absolute Gasteiger partial charge is 0.467 e. The van der Waals surface area contributed by atoms with Crippen molar-refractivity contribution in [3.05, 3.63) is 29.8 Å². The zero-order valence-electron chi connectivity index (χ0n) is 16.3. The van der Waals surface area contributed by atoms with E-state index in [0.29, 0.717) is 19.4 Å². The minimum absolute atomic E-state index is 0.0869. The molecule has 1 aliphatic heterocycles. The van der Waals surface area contributed by atoms with Gasteiger partial charge in [0.1, 0.15) is 17.8 Å². The van der Waals surface area contributed by atoms with E-state index in [2.05, 4.69) is 10.1 Å². The Morgan fingerprint density at radius 2 is 1.93 bits per heavy atom. The lowest BCUT2D eigenvalue weighted by molar-refractivity contribution is -0.274. The number of rotatable bonds is 6. The molecule has 1 aliphatic rings. The summed E-state index contributed by atoms with van der Waals surface area (Å²) in [4.78, 5) is 38.8. The van der Waals surface area contributed by atoms with Gasteiger partial charge in [-0.25, -0.2) is 4.79 Å². The van der Waals surface area contributed by atoms with Crippen LogP contribution in [0.25, 0.3) is 0 Å². The maximum absolute atomic E-state index is 13.0. The van der Waals surface area contributed by atoms with Crippen LogP contribution in [-0.4, -0.2) is 54.8 Å². The summed E-state index contributed by atoms with van der Waals surface area (Å²) in [5, 5.41) is 2.56. The molecule has 1 unspecified atom stereocenters. The number of nitrogens with one attached hydrogen (secondary N) is 1. The van der Waals surface area contributed by atoms with E-state index >= 15 is 0 Å². The first-order chi connectivity index (χ1) is 13.5. The number of hydrogen-bond donors (Lipinski definition) is 1. The highest BCUT2D eigenvalue weighted by Gasteiger charge is 2.39. The van der Waals surface area contributed by atoms with Crippen LogP contribution < -0.4 is 10.1 Å². The third kappa shape index (κ3) is 5.85. The lowest BCUT2D eigenvalue weighted by Gasteiger charge is -2.30. The quantitative estimate of drug-likeness (QED) is 0.721. The standard InChI is InChI=1S/C19H23F3N2O5/c1-11(2)15(17(26)24-9-5-8-14(24)18(27)28-3)23-16(25)12-6-4-7-13(10-12)29-19(20,21)22/h4,6-7,10-11,14-15H,5,8-9H2,1-3H3,(H,23,25)/t14-,15?/m0/s1. The molecule has 1 aromatic carbocycles. The van der Waals surface area contributed by atoms with Crippen LogP contribution in [0.3, 0.4) is 0 Å². The highest BCUT2D eigenvalue weighted by Crippen LogP contribution is 2.24. The fraction of sp³-hybridized carbons (Fsp3) is 0.526. The van der Waals surface area contributed by atoms with E-state index in [1.54, 1.807) is 13.8 Å². The largest absolute Gasteiger partial charge is 0.573 e. The van der Waals surface area contributed by atoms with Crippen molar-refractivity contribution in [3.8, 4) is 5.75 Å². The molecule has 0 spiro atoms. The second-order valence-electron chi connectivity index (χ2n) is 6.98. The van der Waals surface area contributed by atoms with Gasteiger partial charge in [0, 0.05) is 12.1 Å². The number of carbonyl (C=O) groups excluding carboxylic acids is 3. The molecular formula is C19H23F3N2O5. The monoisotopic (exact) mass is 416 g/mol. The molecule has 1 aromatic rings. The number of esters is 1. The zero-order valence-corrected chi connectivity index (χ0v) is 16.3. The normalized spacial score (nSPS) is 17.8. The summed E-state index contributed by atoms with van der Waals surface area (Å²) in [5.74, 6) is -2.55. The summed E-state index contributed by atoms with van der Waals surface area (Å²) in [6, 6.07) is 2.90. The topological polar surface area (TPSA) is 84.9 Å². The number of carbonyl (C=O) groups is 3. The van der Waals surface area contributed by atoms with Crippen LogP contribution in [0.1, 0.15) is 37.0 Å². The number of amides is 2. The molecule has 2 rings (SSSR count). The predicted molar refractivity (Wildman–Crippen MR) is 96.0 cm³/mol. The zero-order chi connectivity index (χ0) is 21.8. The highest BCUT2D eigenvalue weighted by atomic mass is 19.4. The van der Waals surface area contributed by atoms with E-state index in [1.165, 1.54) is 24.1 Å². The molecule has 0 aliphatic carbocycles. The molecule has 7 nitrogen and oxygen atoms in total. The van der Waals surface area contributed by atoms with Gasteiger partial charge in [-0.3, -0.25) is 9.59 Å². The summed E-state index contributed by atoms with van der Waals surface area (Å²) in [6.07, 6.45) is -3.79. The molecule has 1 N–H and O–H groups in total. The molecule has 0 saturated carbocycles. The maximum Gasteiger partial charge on any atom is 0.573 e. The van der Waals surface area contributed by atoms with E-state index in [-0.39, 0.29) is 11.5 Å². The molecule has 10 heteroatoms. The predicted octanol–water partition coefficient (Wildman–Crippen LogP) is 2.50. The van der Waals surface area contributed by atoms with Gasteiger partial charge >= 0.3 is 12.3 Å². The van der Waals surface area contributed by atoms with Crippen LogP contribution in [0, 0.1) is 5.92 Å². The van der Waals surface area contributed by atoms with Crippen LogP contribution in [0.15, 0.2) is 24.3 Å². The first-order valence-electron chi connectivity index (χ1n) is 9.08. The van der Waals surface area contributed by atoms with Gasteiger partial charge in [-0.05, 0) is 37.0 Å². The molecule has 1 heterocycles. The lowest BCUT2D eigenvalue weighted by Crippen LogP contribution is -2.53. The summed E-state index contributed by atoms with van der Waals surface area (Å²) in [6.45, 7) is 3.79. The Morgan fingerprint density at radius 3 is 2.52 bits per heavy atom. The van der Waals surface area contributed by atoms with E-state index < -0.39 is 42.0 Å². The second-order valence-corrected chi connectivity index (χ2v) is 6.98. The first-order valence-corrected chi connectivity index (χ1v) is 9.08. The molecule has 2 amide bonds. The van der Waals surface area contributed by atoms with E-state index in [9.17, 15) is 27.6 Å². The fourth-order valence-corrected chi connectivity index (χ4v) is 3.16. The Bertz CT molecular complexity index is 766. The van der Waals surface area contributed by atoms with Gasteiger partial charge < -0.3 is 19.7 Å². The number of likely N-dealkylation sites (tertiary alicyclic amines) is 1. The van der Waals surface area contributed by atoms with Crippen LogP contribution in [0.5, 0.6) is 5.75 Å². The summed E-state index contributed by atoms with van der Waals surface area (Å²) in [7, 11) is 1.24. The van der Waals surface area contributed by atoms with Crippen molar-refractivity contribution in [2.45, 2.75) is 45.1 Å². The molecule has 2 atom stereocenters. The van der Waals surface area contributed by atoms with E-state index in [0.717, 1.165) is 12.1 Å². The lowest BCUT2D eigenvalue weighted by atomic mass is 10.0. The van der Waals surface area contributed by atoms with Crippen molar-refractivity contribution in [2.24, 2.45) is 5.92 Å². The fourth-order valence-electron chi connectivity index (χ4n) is 3.16. The van der Waals surface area contributed by atoms with Gasteiger partial charge in [0.05, 0.1) is 7.11 Å². The van der Waals surface area contributed by atoms with Crippen molar-refractivity contribution < 1.29 is 37.0 Å². The molecule has 0 bridgehead atoms. The van der Waals surface area contributed by atoms with Gasteiger partial charge in [-0.15, -0.1) is 13.2 Å². The summed E-state index contributed by atoms with van der Waals surface area (Å²) in [5.41, 5.74) is -0.0869. The minimum Gasteiger partial charge on any atom is -0.467 e. The average Bonchev–Trinajstić information content (AvgIpc) is 3.13. The first kappa shape index (κ1) is 22.5. The Morgan fingerprint density at radius 1 is 1.24 bits per heavy atom. The Kier molecular flexibility index (Phi) is 7.10. The number of halogens is 3. The Labute approximate surface area is 166 Å². The van der Waals surface area contributed by atoms with Crippen LogP contribution in [0.4, 0.5) is 13.2 Å². The van der Waals surface area contributed by atoms with E-state index in [1.807, 2.05) is 0 Å². The van der Waals surface area contributed by atoms with Crippen LogP contribution in [-0.2, 0) is 14.3 Å². The van der Waals surface area contributed by atoms with Crippen molar-refractivity contribution >= 4 is 17.8 Å². The van der Waals surface area contributed by atoms with Crippen molar-refractivity contribution in [1.82, 2.24) is 10.2 Å². The Hall–Kier alpha value is -2.78. The van der Waals surface area contributed by atoms with Gasteiger partial charge in [-0.2, -0.15) is 0 Å². The maximum atomic E-state index is 13.0. The third-order valence-electron chi connectivity index (χ3n) is 4.56. The number of alkyl halides is 3. The van der Waals surface area contributed by atoms with Gasteiger partial charge in [0.15, 0.2) is 0 Å². The number of methoxy groups -OCH3 is 1.